The number of ether oxygens (including phenoxy) is 3. The highest BCUT2D eigenvalue weighted by atomic mass is 35.5. The molecular formula is C14H15ClN2O3. The molecule has 0 spiro atoms. The quantitative estimate of drug-likeness (QED) is 0.580. The molecule has 0 aliphatic carbocycles. The summed E-state index contributed by atoms with van der Waals surface area (Å²) in [5.74, 6) is 1.47. The zero-order valence-corrected chi connectivity index (χ0v) is 11.8. The molecule has 0 aliphatic heterocycles. The summed E-state index contributed by atoms with van der Waals surface area (Å²) in [6.45, 7) is 0.494. The minimum Gasteiger partial charge on any atom is -0.482 e. The van der Waals surface area contributed by atoms with Crippen molar-refractivity contribution in [3.8, 4) is 11.6 Å². The summed E-state index contributed by atoms with van der Waals surface area (Å²) in [7, 11) is 1.54. The Balaban J connectivity index is 2.09. The predicted octanol–water partition coefficient (Wildman–Crippen LogP) is 2.78. The average Bonchev–Trinajstić information content (AvgIpc) is 2.52. The molecule has 0 bridgehead atoms. The van der Waals surface area contributed by atoms with E-state index in [1.807, 2.05) is 30.3 Å². The van der Waals surface area contributed by atoms with E-state index in [0.29, 0.717) is 24.1 Å². The molecule has 1 heterocycles. The Morgan fingerprint density at radius 1 is 1.15 bits per heavy atom. The van der Waals surface area contributed by atoms with Gasteiger partial charge in [-0.1, -0.05) is 30.3 Å². The van der Waals surface area contributed by atoms with Gasteiger partial charge >= 0.3 is 0 Å². The molecule has 0 amide bonds. The maximum Gasteiger partial charge on any atom is 0.262 e. The van der Waals surface area contributed by atoms with Crippen LogP contribution in [0.1, 0.15) is 11.4 Å². The van der Waals surface area contributed by atoms with E-state index in [0.717, 1.165) is 5.56 Å². The second-order valence-corrected chi connectivity index (χ2v) is 4.18. The Bertz CT molecular complexity index is 537. The number of methoxy groups -OCH3 is 1. The molecule has 2 rings (SSSR count). The Morgan fingerprint density at radius 3 is 2.65 bits per heavy atom. The molecule has 0 fully saturated rings. The van der Waals surface area contributed by atoms with Gasteiger partial charge in [0.2, 0.25) is 0 Å². The summed E-state index contributed by atoms with van der Waals surface area (Å²) in [5, 5.41) is 0. The number of rotatable bonds is 7. The van der Waals surface area contributed by atoms with Crippen LogP contribution in [0.15, 0.2) is 36.5 Å². The van der Waals surface area contributed by atoms with Crippen LogP contribution in [0.4, 0.5) is 0 Å². The first-order valence-electron chi connectivity index (χ1n) is 6.04. The molecule has 6 heteroatoms. The summed E-state index contributed by atoms with van der Waals surface area (Å²) < 4.78 is 15.9. The second kappa shape index (κ2) is 7.67. The van der Waals surface area contributed by atoms with Crippen LogP contribution in [0.5, 0.6) is 11.6 Å². The Labute approximate surface area is 122 Å². The van der Waals surface area contributed by atoms with Gasteiger partial charge in [0, 0.05) is 7.11 Å². The minimum atomic E-state index is 0.0838. The number of aromatic nitrogens is 2. The molecule has 20 heavy (non-hydrogen) atoms. The van der Waals surface area contributed by atoms with E-state index in [1.165, 1.54) is 7.11 Å². The number of benzene rings is 1. The fourth-order valence-corrected chi connectivity index (χ4v) is 1.64. The summed E-state index contributed by atoms with van der Waals surface area (Å²) in [6, 6.07) is 9.81. The highest BCUT2D eigenvalue weighted by Gasteiger charge is 2.10. The molecule has 0 aliphatic rings. The predicted molar refractivity (Wildman–Crippen MR) is 74.9 cm³/mol. The molecule has 0 N–H and O–H groups in total. The highest BCUT2D eigenvalue weighted by Crippen LogP contribution is 2.25. The zero-order valence-electron chi connectivity index (χ0n) is 11.1. The molecule has 0 saturated heterocycles. The number of alkyl halides is 1. The lowest BCUT2D eigenvalue weighted by atomic mass is 10.2. The van der Waals surface area contributed by atoms with Gasteiger partial charge in [-0.2, -0.15) is 4.98 Å². The lowest BCUT2D eigenvalue weighted by Gasteiger charge is -2.11. The third-order valence-electron chi connectivity index (χ3n) is 2.44. The third kappa shape index (κ3) is 4.08. The minimum absolute atomic E-state index is 0.0838. The van der Waals surface area contributed by atoms with Crippen LogP contribution in [0.25, 0.3) is 0 Å². The molecule has 1 aromatic heterocycles. The van der Waals surface area contributed by atoms with Crippen LogP contribution in [0.3, 0.4) is 0 Å². The summed E-state index contributed by atoms with van der Waals surface area (Å²) in [6.07, 6.45) is 1.55. The summed E-state index contributed by atoms with van der Waals surface area (Å²) in [5.41, 5.74) is 1.05. The maximum absolute atomic E-state index is 5.71. The Morgan fingerprint density at radius 2 is 1.95 bits per heavy atom. The number of halogens is 1. The van der Waals surface area contributed by atoms with E-state index in [1.54, 1.807) is 6.20 Å². The topological polar surface area (TPSA) is 53.5 Å². The van der Waals surface area contributed by atoms with E-state index in [4.69, 9.17) is 25.8 Å². The monoisotopic (exact) mass is 294 g/mol. The fourth-order valence-electron chi connectivity index (χ4n) is 1.51. The number of hydrogen-bond donors (Lipinski definition) is 0. The van der Waals surface area contributed by atoms with Gasteiger partial charge in [-0.15, -0.1) is 11.6 Å². The number of hydrogen-bond acceptors (Lipinski definition) is 5. The molecule has 0 saturated carbocycles. The SMILES string of the molecule is COCOc1nc(CCl)ncc1OCc1ccccc1. The lowest BCUT2D eigenvalue weighted by molar-refractivity contribution is 0.0446. The third-order valence-corrected chi connectivity index (χ3v) is 2.68. The first-order chi connectivity index (χ1) is 9.83. The first-order valence-corrected chi connectivity index (χ1v) is 6.57. The van der Waals surface area contributed by atoms with Crippen LogP contribution < -0.4 is 9.47 Å². The van der Waals surface area contributed by atoms with E-state index >= 15 is 0 Å². The molecule has 5 nitrogen and oxygen atoms in total. The van der Waals surface area contributed by atoms with Gasteiger partial charge < -0.3 is 14.2 Å². The molecule has 0 atom stereocenters. The normalized spacial score (nSPS) is 10.3. The standard InChI is InChI=1S/C14H15ClN2O3/c1-18-10-20-14-12(8-16-13(7-15)17-14)19-9-11-5-3-2-4-6-11/h2-6,8H,7,9-10H2,1H3. The Hall–Kier alpha value is -1.85. The smallest absolute Gasteiger partial charge is 0.262 e. The molecule has 0 radical (unpaired) electrons. The maximum atomic E-state index is 5.71. The van der Waals surface area contributed by atoms with Gasteiger partial charge in [-0.3, -0.25) is 0 Å². The highest BCUT2D eigenvalue weighted by molar-refractivity contribution is 6.16. The molecular weight excluding hydrogens is 280 g/mol. The van der Waals surface area contributed by atoms with Crippen molar-refractivity contribution >= 4 is 11.6 Å². The van der Waals surface area contributed by atoms with Gasteiger partial charge in [0.1, 0.15) is 12.4 Å². The average molecular weight is 295 g/mol. The molecule has 1 aromatic carbocycles. The van der Waals surface area contributed by atoms with Crippen molar-refractivity contribution in [2.24, 2.45) is 0 Å². The van der Waals surface area contributed by atoms with E-state index in [9.17, 15) is 0 Å². The summed E-state index contributed by atoms with van der Waals surface area (Å²) in [4.78, 5) is 8.26. The van der Waals surface area contributed by atoms with Crippen LogP contribution in [-0.4, -0.2) is 23.9 Å². The number of nitrogens with zero attached hydrogens (tertiary/aromatic N) is 2. The van der Waals surface area contributed by atoms with Crippen molar-refractivity contribution < 1.29 is 14.2 Å². The van der Waals surface area contributed by atoms with Crippen LogP contribution in [0.2, 0.25) is 0 Å². The first kappa shape index (κ1) is 14.6. The van der Waals surface area contributed by atoms with E-state index < -0.39 is 0 Å². The lowest BCUT2D eigenvalue weighted by Crippen LogP contribution is -2.06. The van der Waals surface area contributed by atoms with Gasteiger partial charge in [-0.05, 0) is 5.56 Å². The fraction of sp³-hybridized carbons (Fsp3) is 0.286. The molecule has 2 aromatic rings. The molecule has 106 valence electrons. The van der Waals surface area contributed by atoms with E-state index in [2.05, 4.69) is 9.97 Å². The van der Waals surface area contributed by atoms with Crippen molar-refractivity contribution in [2.75, 3.05) is 13.9 Å². The van der Waals surface area contributed by atoms with Gasteiger partial charge in [0.05, 0.1) is 12.1 Å². The second-order valence-electron chi connectivity index (χ2n) is 3.91. The van der Waals surface area contributed by atoms with E-state index in [-0.39, 0.29) is 12.7 Å². The van der Waals surface area contributed by atoms with Crippen molar-refractivity contribution in [1.82, 2.24) is 9.97 Å². The zero-order chi connectivity index (χ0) is 14.2. The summed E-state index contributed by atoms with van der Waals surface area (Å²) >= 11 is 5.71. The van der Waals surface area contributed by atoms with Crippen molar-refractivity contribution in [3.63, 3.8) is 0 Å². The van der Waals surface area contributed by atoms with Gasteiger partial charge in [0.25, 0.3) is 5.88 Å². The molecule has 0 unspecified atom stereocenters. The van der Waals surface area contributed by atoms with Crippen molar-refractivity contribution in [3.05, 3.63) is 47.9 Å². The van der Waals surface area contributed by atoms with Crippen LogP contribution in [0, 0.1) is 0 Å². The van der Waals surface area contributed by atoms with Crippen molar-refractivity contribution in [2.45, 2.75) is 12.5 Å². The Kier molecular flexibility index (Phi) is 5.58. The van der Waals surface area contributed by atoms with Gasteiger partial charge in [0.15, 0.2) is 12.5 Å². The van der Waals surface area contributed by atoms with Crippen molar-refractivity contribution in [1.29, 1.82) is 0 Å². The van der Waals surface area contributed by atoms with Crippen LogP contribution in [-0.2, 0) is 17.2 Å². The van der Waals surface area contributed by atoms with Crippen LogP contribution >= 0.6 is 11.6 Å². The van der Waals surface area contributed by atoms with Gasteiger partial charge in [-0.25, -0.2) is 4.98 Å². The largest absolute Gasteiger partial charge is 0.482 e.